The summed E-state index contributed by atoms with van der Waals surface area (Å²) in [4.78, 5) is 7.03. The van der Waals surface area contributed by atoms with Crippen molar-refractivity contribution in [1.82, 2.24) is 10.2 Å². The topological polar surface area (TPSA) is 53.6 Å². The number of rotatable bonds is 5. The quantitative estimate of drug-likeness (QED) is 0.430. The van der Waals surface area contributed by atoms with Crippen LogP contribution in [0.25, 0.3) is 0 Å². The summed E-state index contributed by atoms with van der Waals surface area (Å²) in [7, 11) is 0. The highest BCUT2D eigenvalue weighted by atomic mass is 127. The van der Waals surface area contributed by atoms with Crippen LogP contribution < -0.4 is 11.1 Å². The fourth-order valence-electron chi connectivity index (χ4n) is 3.53. The number of hydrogen-bond donors (Lipinski definition) is 2. The van der Waals surface area contributed by atoms with E-state index in [1.807, 2.05) is 0 Å². The summed E-state index contributed by atoms with van der Waals surface area (Å²) in [6.07, 6.45) is 7.75. The third-order valence-corrected chi connectivity index (χ3v) is 4.74. The first-order chi connectivity index (χ1) is 10.8. The Balaban J connectivity index is 0.00000192. The lowest BCUT2D eigenvalue weighted by molar-refractivity contribution is 0.331. The Morgan fingerprint density at radius 2 is 1.83 bits per heavy atom. The van der Waals surface area contributed by atoms with E-state index in [1.54, 1.807) is 0 Å². The maximum absolute atomic E-state index is 6.00. The van der Waals surface area contributed by atoms with E-state index < -0.39 is 0 Å². The fraction of sp³-hybridized carbons (Fsp3) is 0.611. The van der Waals surface area contributed by atoms with Crippen LogP contribution in [0.4, 0.5) is 0 Å². The third kappa shape index (κ3) is 5.95. The predicted octanol–water partition coefficient (Wildman–Crippen LogP) is 3.25. The maximum Gasteiger partial charge on any atom is 0.189 e. The Morgan fingerprint density at radius 1 is 1.13 bits per heavy atom. The molecule has 3 N–H and O–H groups in total. The van der Waals surface area contributed by atoms with Crippen LogP contribution in [0.15, 0.2) is 29.3 Å². The molecule has 0 spiro atoms. The molecule has 128 valence electrons. The van der Waals surface area contributed by atoms with E-state index in [4.69, 9.17) is 5.73 Å². The number of hydrogen-bond acceptors (Lipinski definition) is 2. The molecule has 1 aliphatic carbocycles. The van der Waals surface area contributed by atoms with Gasteiger partial charge in [0.1, 0.15) is 0 Å². The van der Waals surface area contributed by atoms with Gasteiger partial charge in [0.15, 0.2) is 5.96 Å². The van der Waals surface area contributed by atoms with Gasteiger partial charge in [0, 0.05) is 12.6 Å². The summed E-state index contributed by atoms with van der Waals surface area (Å²) in [6.45, 7) is 4.20. The highest BCUT2D eigenvalue weighted by Crippen LogP contribution is 2.17. The average Bonchev–Trinajstić information content (AvgIpc) is 3.19. The van der Waals surface area contributed by atoms with Gasteiger partial charge in [0.25, 0.3) is 0 Å². The molecule has 4 nitrogen and oxygen atoms in total. The molecule has 2 aliphatic rings. The van der Waals surface area contributed by atoms with Crippen LogP contribution >= 0.6 is 24.0 Å². The molecule has 1 aromatic carbocycles. The molecule has 0 atom stereocenters. The Morgan fingerprint density at radius 3 is 2.57 bits per heavy atom. The Hall–Kier alpha value is -0.820. The number of guanidine groups is 1. The van der Waals surface area contributed by atoms with Crippen molar-refractivity contribution in [1.29, 1.82) is 0 Å². The summed E-state index contributed by atoms with van der Waals surface area (Å²) in [5, 5.41) is 3.34. The first-order valence-electron chi connectivity index (χ1n) is 8.66. The minimum Gasteiger partial charge on any atom is -0.370 e. The molecule has 1 saturated heterocycles. The summed E-state index contributed by atoms with van der Waals surface area (Å²) in [6, 6.07) is 9.29. The molecule has 1 heterocycles. The normalized spacial score (nSPS) is 19.7. The summed E-state index contributed by atoms with van der Waals surface area (Å²) < 4.78 is 0. The van der Waals surface area contributed by atoms with Gasteiger partial charge in [0.2, 0.25) is 0 Å². The van der Waals surface area contributed by atoms with Crippen LogP contribution in [0.3, 0.4) is 0 Å². The van der Waals surface area contributed by atoms with Gasteiger partial charge in [-0.05, 0) is 49.9 Å². The number of nitrogens with one attached hydrogen (secondary N) is 1. The van der Waals surface area contributed by atoms with E-state index in [0.29, 0.717) is 18.5 Å². The van der Waals surface area contributed by atoms with Crippen LogP contribution in [0.5, 0.6) is 0 Å². The first kappa shape index (κ1) is 18.5. The zero-order valence-electron chi connectivity index (χ0n) is 13.8. The molecule has 0 aromatic heterocycles. The number of likely N-dealkylation sites (tertiary alicyclic amines) is 1. The van der Waals surface area contributed by atoms with E-state index >= 15 is 0 Å². The molecule has 1 saturated carbocycles. The number of nitrogens with two attached hydrogens (primary N) is 1. The number of aliphatic imine (C=N–C) groups is 1. The van der Waals surface area contributed by atoms with Crippen molar-refractivity contribution in [2.75, 3.05) is 13.1 Å². The van der Waals surface area contributed by atoms with Gasteiger partial charge >= 0.3 is 0 Å². The lowest BCUT2D eigenvalue weighted by Crippen LogP contribution is -2.38. The van der Waals surface area contributed by atoms with Crippen LogP contribution in [0, 0.1) is 0 Å². The van der Waals surface area contributed by atoms with Gasteiger partial charge in [-0.1, -0.05) is 37.1 Å². The van der Waals surface area contributed by atoms with Gasteiger partial charge in [-0.25, -0.2) is 4.99 Å². The summed E-state index contributed by atoms with van der Waals surface area (Å²) >= 11 is 0. The van der Waals surface area contributed by atoms with Crippen LogP contribution in [0.1, 0.15) is 49.7 Å². The van der Waals surface area contributed by atoms with Crippen molar-refractivity contribution in [3.8, 4) is 0 Å². The van der Waals surface area contributed by atoms with Gasteiger partial charge < -0.3 is 11.1 Å². The molecular formula is C18H29IN4. The number of nitrogens with zero attached hydrogens (tertiary/aromatic N) is 2. The molecule has 5 heteroatoms. The number of halogens is 1. The molecule has 1 aromatic rings. The molecule has 0 amide bonds. The highest BCUT2D eigenvalue weighted by Gasteiger charge is 2.15. The molecule has 3 rings (SSSR count). The molecule has 2 fully saturated rings. The SMILES string of the molecule is I.NC(=NCc1cccc(CN2CCCC2)c1)NC1CCCC1. The van der Waals surface area contributed by atoms with E-state index in [2.05, 4.69) is 39.5 Å². The molecule has 1 aliphatic heterocycles. The maximum atomic E-state index is 6.00. The van der Waals surface area contributed by atoms with E-state index in [9.17, 15) is 0 Å². The van der Waals surface area contributed by atoms with Gasteiger partial charge in [-0.3, -0.25) is 4.90 Å². The van der Waals surface area contributed by atoms with Gasteiger partial charge in [0.05, 0.1) is 6.54 Å². The monoisotopic (exact) mass is 428 g/mol. The van der Waals surface area contributed by atoms with Gasteiger partial charge in [-0.15, -0.1) is 24.0 Å². The molecule has 23 heavy (non-hydrogen) atoms. The Labute approximate surface area is 156 Å². The van der Waals surface area contributed by atoms with Crippen molar-refractivity contribution in [2.45, 2.75) is 57.7 Å². The summed E-state index contributed by atoms with van der Waals surface area (Å²) in [5.41, 5.74) is 8.63. The van der Waals surface area contributed by atoms with E-state index in [-0.39, 0.29) is 24.0 Å². The minimum absolute atomic E-state index is 0. The zero-order valence-corrected chi connectivity index (χ0v) is 16.2. The molecular weight excluding hydrogens is 399 g/mol. The summed E-state index contributed by atoms with van der Waals surface area (Å²) in [5.74, 6) is 0.594. The van der Waals surface area contributed by atoms with Crippen molar-refractivity contribution in [2.24, 2.45) is 10.7 Å². The molecule has 0 bridgehead atoms. The Bertz CT molecular complexity index is 505. The predicted molar refractivity (Wildman–Crippen MR) is 107 cm³/mol. The fourth-order valence-corrected chi connectivity index (χ4v) is 3.53. The first-order valence-corrected chi connectivity index (χ1v) is 8.66. The van der Waals surface area contributed by atoms with Crippen LogP contribution in [-0.2, 0) is 13.1 Å². The van der Waals surface area contributed by atoms with E-state index in [0.717, 1.165) is 6.54 Å². The van der Waals surface area contributed by atoms with Crippen LogP contribution in [-0.4, -0.2) is 30.0 Å². The standard InChI is InChI=1S/C18H28N4.HI/c19-18(21-17-8-1-2-9-17)20-13-15-6-5-7-16(12-15)14-22-10-3-4-11-22;/h5-7,12,17H,1-4,8-11,13-14H2,(H3,19,20,21);1H. The van der Waals surface area contributed by atoms with Crippen molar-refractivity contribution < 1.29 is 0 Å². The second-order valence-electron chi connectivity index (χ2n) is 6.63. The largest absolute Gasteiger partial charge is 0.370 e. The lowest BCUT2D eigenvalue weighted by Gasteiger charge is -2.15. The third-order valence-electron chi connectivity index (χ3n) is 4.74. The lowest BCUT2D eigenvalue weighted by atomic mass is 10.1. The number of benzene rings is 1. The van der Waals surface area contributed by atoms with Crippen molar-refractivity contribution >= 4 is 29.9 Å². The average molecular weight is 428 g/mol. The minimum atomic E-state index is 0. The Kier molecular flexibility index (Phi) is 7.62. The smallest absolute Gasteiger partial charge is 0.189 e. The molecule has 0 unspecified atom stereocenters. The highest BCUT2D eigenvalue weighted by molar-refractivity contribution is 14.0. The second kappa shape index (κ2) is 9.47. The van der Waals surface area contributed by atoms with Gasteiger partial charge in [-0.2, -0.15) is 0 Å². The molecule has 0 radical (unpaired) electrons. The van der Waals surface area contributed by atoms with Crippen molar-refractivity contribution in [3.63, 3.8) is 0 Å². The second-order valence-corrected chi connectivity index (χ2v) is 6.63. The van der Waals surface area contributed by atoms with E-state index in [1.165, 1.54) is 62.7 Å². The van der Waals surface area contributed by atoms with Crippen molar-refractivity contribution in [3.05, 3.63) is 35.4 Å². The van der Waals surface area contributed by atoms with Crippen LogP contribution in [0.2, 0.25) is 0 Å². The zero-order chi connectivity index (χ0) is 15.2.